The van der Waals surface area contributed by atoms with Gasteiger partial charge in [0.15, 0.2) is 5.75 Å². The van der Waals surface area contributed by atoms with E-state index in [0.29, 0.717) is 24.4 Å². The lowest BCUT2D eigenvalue weighted by Gasteiger charge is -2.05. The van der Waals surface area contributed by atoms with Crippen LogP contribution < -0.4 is 14.9 Å². The van der Waals surface area contributed by atoms with Gasteiger partial charge in [0.05, 0.1) is 18.0 Å². The van der Waals surface area contributed by atoms with E-state index in [0.717, 1.165) is 37.9 Å². The minimum atomic E-state index is -0.383. The Balaban J connectivity index is 1.84. The Bertz CT molecular complexity index is 942. The van der Waals surface area contributed by atoms with E-state index < -0.39 is 0 Å². The van der Waals surface area contributed by atoms with Gasteiger partial charge in [-0.3, -0.25) is 9.59 Å². The molecule has 0 spiro atoms. The summed E-state index contributed by atoms with van der Waals surface area (Å²) in [7, 11) is 0. The summed E-state index contributed by atoms with van der Waals surface area (Å²) in [5, 5.41) is 8.41. The highest BCUT2D eigenvalue weighted by Gasteiger charge is 2.07. The smallest absolute Gasteiger partial charge is 0.311 e. The average Bonchev–Trinajstić information content (AvgIpc) is 3.02. The Morgan fingerprint density at radius 2 is 1.26 bits per heavy atom. The van der Waals surface area contributed by atoms with Crippen LogP contribution in [0.4, 0.5) is 11.4 Å². The van der Waals surface area contributed by atoms with Gasteiger partial charge in [-0.05, 0) is 61.4 Å². The minimum Gasteiger partial charge on any atom is -0.494 e. The van der Waals surface area contributed by atoms with Crippen molar-refractivity contribution in [3.05, 3.63) is 58.8 Å². The third-order valence-corrected chi connectivity index (χ3v) is 5.40. The molecule has 0 amide bonds. The second-order valence-electron chi connectivity index (χ2n) is 8.41. The van der Waals surface area contributed by atoms with Gasteiger partial charge in [-0.15, -0.1) is 0 Å². The highest BCUT2D eigenvalue weighted by atomic mass is 16.5. The second kappa shape index (κ2) is 16.6. The van der Waals surface area contributed by atoms with E-state index in [9.17, 15) is 9.59 Å². The second-order valence-corrected chi connectivity index (χ2v) is 8.41. The van der Waals surface area contributed by atoms with Gasteiger partial charge < -0.3 is 9.47 Å². The summed E-state index contributed by atoms with van der Waals surface area (Å²) >= 11 is 0. The molecule has 6 heteroatoms. The molecule has 2 aromatic carbocycles. The number of carbonyl (C=O) groups excluding carboxylic acids is 1. The predicted octanol–water partition coefficient (Wildman–Crippen LogP) is 8.08. The van der Waals surface area contributed by atoms with E-state index in [1.165, 1.54) is 44.2 Å². The van der Waals surface area contributed by atoms with Crippen molar-refractivity contribution in [1.82, 2.24) is 0 Å². The van der Waals surface area contributed by atoms with Crippen LogP contribution in [0.2, 0.25) is 0 Å². The topological polar surface area (TPSA) is 77.3 Å². The predicted molar refractivity (Wildman–Crippen MR) is 137 cm³/mol. The van der Waals surface area contributed by atoms with Gasteiger partial charge in [0, 0.05) is 6.42 Å². The first-order chi connectivity index (χ1) is 16.6. The molecule has 184 valence electrons. The van der Waals surface area contributed by atoms with Crippen molar-refractivity contribution in [2.75, 3.05) is 6.61 Å². The first kappa shape index (κ1) is 27.2. The van der Waals surface area contributed by atoms with Crippen LogP contribution >= 0.6 is 0 Å². The molecule has 0 heterocycles. The summed E-state index contributed by atoms with van der Waals surface area (Å²) < 4.78 is 11.0. The fraction of sp³-hybridized carbons (Fsp3) is 0.500. The Morgan fingerprint density at radius 1 is 0.706 bits per heavy atom. The zero-order valence-electron chi connectivity index (χ0n) is 20.6. The molecule has 0 radical (unpaired) electrons. The first-order valence-corrected chi connectivity index (χ1v) is 12.6. The minimum absolute atomic E-state index is 0.0104. The number of azo groups is 1. The molecule has 0 unspecified atom stereocenters. The Kier molecular flexibility index (Phi) is 13.3. The van der Waals surface area contributed by atoms with Gasteiger partial charge in [0.25, 0.3) is 0 Å². The molecule has 0 aliphatic carbocycles. The van der Waals surface area contributed by atoms with E-state index in [4.69, 9.17) is 9.47 Å². The monoisotopic (exact) mass is 466 g/mol. The molecule has 0 aliphatic rings. The Morgan fingerprint density at radius 3 is 1.91 bits per heavy atom. The van der Waals surface area contributed by atoms with Gasteiger partial charge in [0.1, 0.15) is 5.75 Å². The van der Waals surface area contributed by atoms with Crippen molar-refractivity contribution in [3.8, 4) is 11.5 Å². The number of hydrogen-bond donors (Lipinski definition) is 0. The van der Waals surface area contributed by atoms with Crippen LogP contribution in [0.5, 0.6) is 11.5 Å². The number of carbonyl (C=O) groups is 1. The fourth-order valence-electron chi connectivity index (χ4n) is 3.36. The number of unbranched alkanes of at least 4 members (excludes halogenated alkanes) is 8. The van der Waals surface area contributed by atoms with Crippen molar-refractivity contribution >= 4 is 17.3 Å². The molecule has 2 aromatic rings. The molecule has 0 saturated heterocycles. The van der Waals surface area contributed by atoms with Crippen LogP contribution in [0.15, 0.2) is 63.6 Å². The van der Waals surface area contributed by atoms with E-state index in [1.54, 1.807) is 12.1 Å². The van der Waals surface area contributed by atoms with Crippen molar-refractivity contribution < 1.29 is 14.3 Å². The normalized spacial score (nSPS) is 11.0. The lowest BCUT2D eigenvalue weighted by molar-refractivity contribution is -0.134. The molecule has 0 aliphatic heterocycles. The maximum absolute atomic E-state index is 12.2. The van der Waals surface area contributed by atoms with Crippen LogP contribution in [0, 0.1) is 0 Å². The largest absolute Gasteiger partial charge is 0.494 e. The van der Waals surface area contributed by atoms with E-state index >= 15 is 0 Å². The van der Waals surface area contributed by atoms with Crippen molar-refractivity contribution in [1.29, 1.82) is 0 Å². The summed E-state index contributed by atoms with van der Waals surface area (Å²) in [6.45, 7) is 5.07. The lowest BCUT2D eigenvalue weighted by atomic mass is 10.1. The molecule has 0 bridgehead atoms. The number of hydrogen-bond acceptors (Lipinski definition) is 6. The molecule has 0 saturated carbocycles. The summed E-state index contributed by atoms with van der Waals surface area (Å²) in [5.74, 6) is 0.441. The van der Waals surface area contributed by atoms with Crippen LogP contribution in [0.1, 0.15) is 84.5 Å². The molecule has 2 rings (SSSR count). The molecular weight excluding hydrogens is 428 g/mol. The molecule has 0 aromatic heterocycles. The third kappa shape index (κ3) is 11.2. The van der Waals surface area contributed by atoms with Crippen LogP contribution in [0.25, 0.3) is 0 Å². The van der Waals surface area contributed by atoms with Gasteiger partial charge in [-0.1, -0.05) is 65.2 Å². The van der Waals surface area contributed by atoms with Gasteiger partial charge in [-0.25, -0.2) is 0 Å². The number of ether oxygens (including phenoxy) is 2. The van der Waals surface area contributed by atoms with Crippen molar-refractivity contribution in [2.45, 2.75) is 84.5 Å². The number of esters is 1. The molecule has 34 heavy (non-hydrogen) atoms. The van der Waals surface area contributed by atoms with Crippen molar-refractivity contribution in [2.24, 2.45) is 10.2 Å². The third-order valence-electron chi connectivity index (χ3n) is 5.40. The SMILES string of the molecule is CCCCCCCOc1ccc(N=Nc2ccc(OC(=O)CCCCCCC)c(=O)cc2)cc1. The standard InChI is InChI=1S/C28H38N2O4/c1-3-5-7-9-11-13-28(32)34-27-21-17-24(16-20-26(27)31)30-29-23-14-18-25(19-15-23)33-22-12-10-8-6-4-2/h14-21H,3-13,22H2,1-2H3. The highest BCUT2D eigenvalue weighted by molar-refractivity contribution is 5.72. The maximum Gasteiger partial charge on any atom is 0.311 e. The molecule has 0 atom stereocenters. The molecular formula is C28H38N2O4. The van der Waals surface area contributed by atoms with Gasteiger partial charge in [0.2, 0.25) is 5.43 Å². The van der Waals surface area contributed by atoms with Crippen molar-refractivity contribution in [3.63, 3.8) is 0 Å². The van der Waals surface area contributed by atoms with Crippen LogP contribution in [-0.4, -0.2) is 12.6 Å². The zero-order chi connectivity index (χ0) is 24.4. The summed E-state index contributed by atoms with van der Waals surface area (Å²) in [6, 6.07) is 13.4. The summed E-state index contributed by atoms with van der Waals surface area (Å²) in [4.78, 5) is 24.3. The van der Waals surface area contributed by atoms with Crippen LogP contribution in [-0.2, 0) is 4.79 Å². The maximum atomic E-state index is 12.2. The van der Waals surface area contributed by atoms with Gasteiger partial charge in [-0.2, -0.15) is 10.2 Å². The molecule has 0 fully saturated rings. The number of benzene rings is 1. The van der Waals surface area contributed by atoms with E-state index in [2.05, 4.69) is 24.1 Å². The van der Waals surface area contributed by atoms with E-state index in [1.807, 2.05) is 24.3 Å². The zero-order valence-corrected chi connectivity index (χ0v) is 20.6. The average molecular weight is 467 g/mol. The first-order valence-electron chi connectivity index (χ1n) is 12.6. The number of nitrogens with zero attached hydrogens (tertiary/aromatic N) is 2. The molecule has 6 nitrogen and oxygen atoms in total. The fourth-order valence-corrected chi connectivity index (χ4v) is 3.36. The Labute approximate surface area is 203 Å². The van der Waals surface area contributed by atoms with Crippen LogP contribution in [0.3, 0.4) is 0 Å². The molecule has 0 N–H and O–H groups in total. The lowest BCUT2D eigenvalue weighted by Crippen LogP contribution is -2.12. The Hall–Kier alpha value is -3.02. The summed E-state index contributed by atoms with van der Waals surface area (Å²) in [5.41, 5.74) is 0.808. The van der Waals surface area contributed by atoms with Gasteiger partial charge >= 0.3 is 5.97 Å². The number of rotatable bonds is 16. The van der Waals surface area contributed by atoms with E-state index in [-0.39, 0.29) is 17.1 Å². The quantitative estimate of drug-likeness (QED) is 0.142. The highest BCUT2D eigenvalue weighted by Crippen LogP contribution is 2.21. The summed E-state index contributed by atoms with van der Waals surface area (Å²) in [6.07, 6.45) is 11.5.